The maximum absolute atomic E-state index is 10.5. The molecule has 0 amide bonds. The fourth-order valence-corrected chi connectivity index (χ4v) is 2.97. The van der Waals surface area contributed by atoms with Crippen molar-refractivity contribution in [2.45, 2.75) is 27.0 Å². The summed E-state index contributed by atoms with van der Waals surface area (Å²) in [5.41, 5.74) is 2.98. The van der Waals surface area contributed by atoms with Gasteiger partial charge < -0.3 is 14.4 Å². The number of hydrogen-bond donors (Lipinski definition) is 1. The van der Waals surface area contributed by atoms with Gasteiger partial charge in [0.05, 0.1) is 12.1 Å². The van der Waals surface area contributed by atoms with E-state index in [0.29, 0.717) is 29.1 Å². The molecule has 0 bridgehead atoms. The fraction of sp³-hybridized carbons (Fsp3) is 0.263. The van der Waals surface area contributed by atoms with Gasteiger partial charge in [-0.1, -0.05) is 18.2 Å². The van der Waals surface area contributed by atoms with Crippen molar-refractivity contribution in [1.82, 2.24) is 9.55 Å². The smallest absolute Gasteiger partial charge is 0.220 e. The second-order valence-electron chi connectivity index (χ2n) is 5.80. The van der Waals surface area contributed by atoms with Crippen LogP contribution in [0.1, 0.15) is 23.7 Å². The number of nitriles is 1. The Morgan fingerprint density at radius 1 is 1.31 bits per heavy atom. The normalized spacial score (nSPS) is 11.3. The van der Waals surface area contributed by atoms with E-state index in [9.17, 15) is 10.4 Å². The van der Waals surface area contributed by atoms with Crippen LogP contribution < -0.4 is 0 Å². The van der Waals surface area contributed by atoms with Gasteiger partial charge in [-0.15, -0.1) is 10.2 Å². The Labute approximate surface area is 151 Å². The van der Waals surface area contributed by atoms with Crippen LogP contribution in [0.4, 0.5) is 11.5 Å². The van der Waals surface area contributed by atoms with E-state index in [1.807, 2.05) is 38.1 Å². The minimum Gasteiger partial charge on any atom is -0.493 e. The van der Waals surface area contributed by atoms with Gasteiger partial charge in [-0.3, -0.25) is 0 Å². The lowest BCUT2D eigenvalue weighted by Crippen LogP contribution is -1.96. The molecular weight excluding hydrogens is 330 g/mol. The number of benzene rings is 1. The molecule has 0 fully saturated rings. The highest BCUT2D eigenvalue weighted by atomic mass is 16.5. The molecule has 0 aliphatic carbocycles. The number of pyridine rings is 1. The molecule has 0 unspecified atom stereocenters. The summed E-state index contributed by atoms with van der Waals surface area (Å²) in [6, 6.07) is 11.5. The lowest BCUT2D eigenvalue weighted by molar-refractivity contribution is 0.184. The van der Waals surface area contributed by atoms with Gasteiger partial charge >= 0.3 is 0 Å². The predicted octanol–water partition coefficient (Wildman–Crippen LogP) is 4.50. The van der Waals surface area contributed by atoms with E-state index in [2.05, 4.69) is 21.3 Å². The molecule has 0 saturated heterocycles. The van der Waals surface area contributed by atoms with E-state index in [1.54, 1.807) is 17.7 Å². The molecule has 1 N–H and O–H groups in total. The van der Waals surface area contributed by atoms with Crippen LogP contribution in [-0.2, 0) is 17.9 Å². The van der Waals surface area contributed by atoms with Crippen molar-refractivity contribution in [3.05, 3.63) is 47.2 Å². The summed E-state index contributed by atoms with van der Waals surface area (Å²) in [6.07, 6.45) is 0. The number of fused-ring (bicyclic) bond motifs is 1. The van der Waals surface area contributed by atoms with Crippen molar-refractivity contribution in [3.8, 4) is 11.9 Å². The monoisotopic (exact) mass is 349 g/mol. The summed E-state index contributed by atoms with van der Waals surface area (Å²) in [6.45, 7) is 4.65. The Kier molecular flexibility index (Phi) is 4.96. The lowest BCUT2D eigenvalue weighted by atomic mass is 10.1. The van der Waals surface area contributed by atoms with Crippen LogP contribution in [0.2, 0.25) is 0 Å². The number of nitrogens with zero attached hydrogens (tertiary/aromatic N) is 5. The number of aromatic hydroxyl groups is 1. The second kappa shape index (κ2) is 7.33. The molecule has 3 aromatic rings. The molecule has 7 heteroatoms. The third kappa shape index (κ3) is 3.03. The van der Waals surface area contributed by atoms with Gasteiger partial charge in [-0.05, 0) is 26.0 Å². The largest absolute Gasteiger partial charge is 0.493 e. The van der Waals surface area contributed by atoms with E-state index >= 15 is 0 Å². The molecule has 0 spiro atoms. The number of ether oxygens (including phenoxy) is 1. The first-order chi connectivity index (χ1) is 12.6. The van der Waals surface area contributed by atoms with Crippen LogP contribution in [0.25, 0.3) is 10.9 Å². The summed E-state index contributed by atoms with van der Waals surface area (Å²) in [5, 5.41) is 29.2. The number of azo groups is 1. The van der Waals surface area contributed by atoms with Gasteiger partial charge in [0.15, 0.2) is 11.5 Å². The predicted molar refractivity (Wildman–Crippen MR) is 97.9 cm³/mol. The standard InChI is InChI=1S/C19H19N5O2/c1-4-24-16-8-6-5-7-14(16)17(19(24)25)22-23-18-15(10-20)13(11-26-3)9-12(2)21-18/h5-9,25H,4,11H2,1-3H3. The Morgan fingerprint density at radius 2 is 2.08 bits per heavy atom. The molecular formula is C19H19N5O2. The highest BCUT2D eigenvalue weighted by Crippen LogP contribution is 2.39. The van der Waals surface area contributed by atoms with Gasteiger partial charge in [-0.2, -0.15) is 5.26 Å². The first-order valence-electron chi connectivity index (χ1n) is 8.22. The molecule has 0 radical (unpaired) electrons. The van der Waals surface area contributed by atoms with Crippen molar-refractivity contribution >= 4 is 22.4 Å². The summed E-state index contributed by atoms with van der Waals surface area (Å²) >= 11 is 0. The van der Waals surface area contributed by atoms with E-state index in [1.165, 1.54) is 0 Å². The average Bonchev–Trinajstić information content (AvgIpc) is 2.90. The molecule has 1 aromatic carbocycles. The van der Waals surface area contributed by atoms with E-state index in [0.717, 1.165) is 10.9 Å². The van der Waals surface area contributed by atoms with Crippen LogP contribution in [0.3, 0.4) is 0 Å². The molecule has 0 aliphatic heterocycles. The summed E-state index contributed by atoms with van der Waals surface area (Å²) in [4.78, 5) is 4.31. The van der Waals surface area contributed by atoms with Crippen molar-refractivity contribution in [2.24, 2.45) is 10.2 Å². The molecule has 0 aliphatic rings. The van der Waals surface area contributed by atoms with Gasteiger partial charge in [0.25, 0.3) is 0 Å². The lowest BCUT2D eigenvalue weighted by Gasteiger charge is -2.06. The summed E-state index contributed by atoms with van der Waals surface area (Å²) in [5.74, 6) is 0.257. The van der Waals surface area contributed by atoms with E-state index < -0.39 is 0 Å². The Bertz CT molecular complexity index is 1030. The molecule has 3 rings (SSSR count). The Balaban J connectivity index is 2.14. The van der Waals surface area contributed by atoms with Crippen LogP contribution in [0.15, 0.2) is 40.6 Å². The summed E-state index contributed by atoms with van der Waals surface area (Å²) < 4.78 is 6.90. The van der Waals surface area contributed by atoms with Gasteiger partial charge in [0.1, 0.15) is 11.6 Å². The third-order valence-electron chi connectivity index (χ3n) is 4.10. The minimum absolute atomic E-state index is 0.0423. The van der Waals surface area contributed by atoms with Crippen LogP contribution >= 0.6 is 0 Å². The van der Waals surface area contributed by atoms with Crippen molar-refractivity contribution < 1.29 is 9.84 Å². The van der Waals surface area contributed by atoms with Crippen molar-refractivity contribution in [3.63, 3.8) is 0 Å². The zero-order chi connectivity index (χ0) is 18.7. The van der Waals surface area contributed by atoms with Crippen LogP contribution in [-0.4, -0.2) is 21.8 Å². The maximum atomic E-state index is 10.5. The molecule has 0 saturated carbocycles. The zero-order valence-corrected chi connectivity index (χ0v) is 14.9. The molecule has 26 heavy (non-hydrogen) atoms. The van der Waals surface area contributed by atoms with E-state index in [-0.39, 0.29) is 18.3 Å². The number of hydrogen-bond acceptors (Lipinski definition) is 6. The van der Waals surface area contributed by atoms with Crippen molar-refractivity contribution in [2.75, 3.05) is 7.11 Å². The number of aromatic nitrogens is 2. The number of para-hydroxylation sites is 1. The SMILES string of the molecule is CCn1c(O)c(N=Nc2nc(C)cc(COC)c2C#N)c2ccccc21. The summed E-state index contributed by atoms with van der Waals surface area (Å²) in [7, 11) is 1.57. The molecule has 2 aromatic heterocycles. The first kappa shape index (κ1) is 17.6. The third-order valence-corrected chi connectivity index (χ3v) is 4.10. The topological polar surface area (TPSA) is 95.8 Å². The van der Waals surface area contributed by atoms with Crippen LogP contribution in [0, 0.1) is 18.3 Å². The number of methoxy groups -OCH3 is 1. The number of rotatable bonds is 5. The van der Waals surface area contributed by atoms with Gasteiger partial charge in [0.2, 0.25) is 5.88 Å². The average molecular weight is 349 g/mol. The second-order valence-corrected chi connectivity index (χ2v) is 5.80. The molecule has 7 nitrogen and oxygen atoms in total. The maximum Gasteiger partial charge on any atom is 0.220 e. The minimum atomic E-state index is 0.0423. The highest BCUT2D eigenvalue weighted by Gasteiger charge is 2.16. The quantitative estimate of drug-likeness (QED) is 0.686. The molecule has 0 atom stereocenters. The molecule has 132 valence electrons. The fourth-order valence-electron chi connectivity index (χ4n) is 2.97. The number of aryl methyl sites for hydroxylation is 2. The Morgan fingerprint density at radius 3 is 2.77 bits per heavy atom. The van der Waals surface area contributed by atoms with Crippen molar-refractivity contribution in [1.29, 1.82) is 5.26 Å². The molecule has 2 heterocycles. The van der Waals surface area contributed by atoms with Gasteiger partial charge in [0, 0.05) is 30.3 Å². The van der Waals surface area contributed by atoms with Crippen LogP contribution in [0.5, 0.6) is 5.88 Å². The Hall–Kier alpha value is -3.24. The van der Waals surface area contributed by atoms with E-state index in [4.69, 9.17) is 4.74 Å². The van der Waals surface area contributed by atoms with Gasteiger partial charge in [-0.25, -0.2) is 4.98 Å². The first-order valence-corrected chi connectivity index (χ1v) is 8.22. The highest BCUT2D eigenvalue weighted by molar-refractivity contribution is 5.95. The zero-order valence-electron chi connectivity index (χ0n) is 14.9.